The minimum atomic E-state index is -0.175. The van der Waals surface area contributed by atoms with Gasteiger partial charge in [-0.3, -0.25) is 4.79 Å². The maximum atomic E-state index is 12.6. The molecule has 0 saturated carbocycles. The molecule has 0 aromatic heterocycles. The topological polar surface area (TPSA) is 32.3 Å². The van der Waals surface area contributed by atoms with E-state index < -0.39 is 0 Å². The van der Waals surface area contributed by atoms with Crippen molar-refractivity contribution in [2.45, 2.75) is 25.7 Å². The van der Waals surface area contributed by atoms with Crippen molar-refractivity contribution >= 4 is 18.3 Å². The number of hydrogen-bond acceptors (Lipinski definition) is 2. The van der Waals surface area contributed by atoms with Crippen molar-refractivity contribution in [1.82, 2.24) is 10.2 Å². The highest BCUT2D eigenvalue weighted by Gasteiger charge is 2.41. The molecule has 2 atom stereocenters. The molecule has 0 spiro atoms. The first-order valence-electron chi connectivity index (χ1n) is 7.24. The minimum Gasteiger partial charge on any atom is -0.342 e. The predicted molar refractivity (Wildman–Crippen MR) is 83.2 cm³/mol. The van der Waals surface area contributed by atoms with Gasteiger partial charge in [0, 0.05) is 25.6 Å². The lowest BCUT2D eigenvalue weighted by Gasteiger charge is -2.28. The highest BCUT2D eigenvalue weighted by atomic mass is 35.5. The summed E-state index contributed by atoms with van der Waals surface area (Å²) in [4.78, 5) is 14.7. The Kier molecular flexibility index (Phi) is 4.71. The number of rotatable bonds is 2. The highest BCUT2D eigenvalue weighted by molar-refractivity contribution is 5.85. The Morgan fingerprint density at radius 3 is 2.75 bits per heavy atom. The van der Waals surface area contributed by atoms with Gasteiger partial charge < -0.3 is 10.2 Å². The van der Waals surface area contributed by atoms with Crippen LogP contribution >= 0.6 is 12.4 Å². The summed E-state index contributed by atoms with van der Waals surface area (Å²) in [6.07, 6.45) is 2.07. The third-order valence-corrected chi connectivity index (χ3v) is 4.63. The molecular weight excluding hydrogens is 272 g/mol. The van der Waals surface area contributed by atoms with Crippen molar-refractivity contribution in [1.29, 1.82) is 0 Å². The molecule has 3 nitrogen and oxygen atoms in total. The smallest absolute Gasteiger partial charge is 0.229 e. The van der Waals surface area contributed by atoms with Crippen molar-refractivity contribution in [3.8, 4) is 0 Å². The number of carbonyl (C=O) groups excluding carboxylic acids is 1. The molecule has 0 bridgehead atoms. The van der Waals surface area contributed by atoms with Gasteiger partial charge in [0.2, 0.25) is 5.91 Å². The lowest BCUT2D eigenvalue weighted by Crippen LogP contribution is -2.42. The Balaban J connectivity index is 0.00000147. The third-order valence-electron chi connectivity index (χ3n) is 4.63. The first kappa shape index (κ1) is 15.3. The molecular formula is C16H23ClN2O. The van der Waals surface area contributed by atoms with Crippen LogP contribution in [0.15, 0.2) is 30.3 Å². The quantitative estimate of drug-likeness (QED) is 0.908. The van der Waals surface area contributed by atoms with E-state index in [9.17, 15) is 4.79 Å². The minimum absolute atomic E-state index is 0. The average Bonchev–Trinajstić information content (AvgIpc) is 3.09. The number of carbonyl (C=O) groups is 1. The van der Waals surface area contributed by atoms with Gasteiger partial charge in [-0.05, 0) is 31.9 Å². The van der Waals surface area contributed by atoms with E-state index in [1.54, 1.807) is 0 Å². The number of halogens is 1. The molecule has 1 N–H and O–H groups in total. The molecule has 2 aliphatic rings. The van der Waals surface area contributed by atoms with Crippen LogP contribution in [0, 0.1) is 5.41 Å². The molecule has 1 aromatic carbocycles. The summed E-state index contributed by atoms with van der Waals surface area (Å²) >= 11 is 0. The van der Waals surface area contributed by atoms with Crippen LogP contribution in [0.4, 0.5) is 0 Å². The number of benzene rings is 1. The van der Waals surface area contributed by atoms with E-state index >= 15 is 0 Å². The SMILES string of the molecule is CC1(C(=O)N2CCC(c3ccccc3)C2)CCNC1.Cl. The summed E-state index contributed by atoms with van der Waals surface area (Å²) in [6, 6.07) is 10.6. The number of nitrogens with zero attached hydrogens (tertiary/aromatic N) is 1. The zero-order valence-electron chi connectivity index (χ0n) is 12.0. The number of hydrogen-bond donors (Lipinski definition) is 1. The normalized spacial score (nSPS) is 29.2. The maximum Gasteiger partial charge on any atom is 0.229 e. The van der Waals surface area contributed by atoms with Crippen LogP contribution in [-0.2, 0) is 4.79 Å². The summed E-state index contributed by atoms with van der Waals surface area (Å²) in [7, 11) is 0. The van der Waals surface area contributed by atoms with E-state index in [0.29, 0.717) is 11.8 Å². The monoisotopic (exact) mass is 294 g/mol. The molecule has 2 saturated heterocycles. The fourth-order valence-corrected chi connectivity index (χ4v) is 3.32. The molecule has 2 aliphatic heterocycles. The predicted octanol–water partition coefficient (Wildman–Crippen LogP) is 2.42. The molecule has 2 fully saturated rings. The van der Waals surface area contributed by atoms with Gasteiger partial charge >= 0.3 is 0 Å². The van der Waals surface area contributed by atoms with Crippen LogP contribution < -0.4 is 5.32 Å². The third kappa shape index (κ3) is 2.84. The van der Waals surface area contributed by atoms with Crippen molar-refractivity contribution in [3.63, 3.8) is 0 Å². The zero-order valence-corrected chi connectivity index (χ0v) is 12.8. The van der Waals surface area contributed by atoms with E-state index in [2.05, 4.69) is 41.4 Å². The molecule has 1 aromatic rings. The van der Waals surface area contributed by atoms with Crippen LogP contribution in [0.1, 0.15) is 31.2 Å². The first-order valence-corrected chi connectivity index (χ1v) is 7.24. The summed E-state index contributed by atoms with van der Waals surface area (Å²) in [5.74, 6) is 0.860. The molecule has 0 radical (unpaired) electrons. The summed E-state index contributed by atoms with van der Waals surface area (Å²) in [5, 5.41) is 3.31. The zero-order chi connectivity index (χ0) is 13.3. The van der Waals surface area contributed by atoms with Gasteiger partial charge in [-0.2, -0.15) is 0 Å². The number of likely N-dealkylation sites (tertiary alicyclic amines) is 1. The molecule has 0 aliphatic carbocycles. The fraction of sp³-hybridized carbons (Fsp3) is 0.562. The molecule has 3 rings (SSSR count). The van der Waals surface area contributed by atoms with Gasteiger partial charge in [0.05, 0.1) is 5.41 Å². The Bertz CT molecular complexity index is 457. The van der Waals surface area contributed by atoms with E-state index in [1.165, 1.54) is 5.56 Å². The van der Waals surface area contributed by atoms with Crippen LogP contribution in [0.5, 0.6) is 0 Å². The standard InChI is InChI=1S/C16H22N2O.ClH/c1-16(8-9-17-12-16)15(19)18-10-7-14(11-18)13-5-3-2-4-6-13;/h2-6,14,17H,7-12H2,1H3;1H. The Morgan fingerprint density at radius 2 is 2.10 bits per heavy atom. The fourth-order valence-electron chi connectivity index (χ4n) is 3.32. The van der Waals surface area contributed by atoms with E-state index in [1.807, 2.05) is 6.07 Å². The second kappa shape index (κ2) is 6.15. The summed E-state index contributed by atoms with van der Waals surface area (Å²) < 4.78 is 0. The molecule has 2 heterocycles. The summed E-state index contributed by atoms with van der Waals surface area (Å²) in [5.41, 5.74) is 1.19. The average molecular weight is 295 g/mol. The van der Waals surface area contributed by atoms with Gasteiger partial charge in [0.25, 0.3) is 0 Å². The molecule has 110 valence electrons. The van der Waals surface area contributed by atoms with Gasteiger partial charge in [0.15, 0.2) is 0 Å². The Labute approximate surface area is 127 Å². The lowest BCUT2D eigenvalue weighted by atomic mass is 9.88. The van der Waals surface area contributed by atoms with Crippen molar-refractivity contribution < 1.29 is 4.79 Å². The second-order valence-electron chi connectivity index (χ2n) is 6.13. The van der Waals surface area contributed by atoms with E-state index in [0.717, 1.165) is 39.0 Å². The van der Waals surface area contributed by atoms with Crippen LogP contribution in [0.25, 0.3) is 0 Å². The van der Waals surface area contributed by atoms with Gasteiger partial charge in [-0.25, -0.2) is 0 Å². The first-order chi connectivity index (χ1) is 9.19. The molecule has 1 amide bonds. The lowest BCUT2D eigenvalue weighted by molar-refractivity contribution is -0.139. The van der Waals surface area contributed by atoms with Gasteiger partial charge in [-0.15, -0.1) is 12.4 Å². The van der Waals surface area contributed by atoms with Crippen molar-refractivity contribution in [3.05, 3.63) is 35.9 Å². The largest absolute Gasteiger partial charge is 0.342 e. The molecule has 4 heteroatoms. The van der Waals surface area contributed by atoms with Crippen LogP contribution in [0.2, 0.25) is 0 Å². The Hall–Kier alpha value is -1.06. The number of amides is 1. The van der Waals surface area contributed by atoms with Crippen LogP contribution in [0.3, 0.4) is 0 Å². The van der Waals surface area contributed by atoms with Gasteiger partial charge in [0.1, 0.15) is 0 Å². The Morgan fingerprint density at radius 1 is 1.35 bits per heavy atom. The van der Waals surface area contributed by atoms with Gasteiger partial charge in [-0.1, -0.05) is 30.3 Å². The summed E-state index contributed by atoms with van der Waals surface area (Å²) in [6.45, 7) is 5.70. The van der Waals surface area contributed by atoms with Crippen molar-refractivity contribution in [2.75, 3.05) is 26.2 Å². The molecule has 20 heavy (non-hydrogen) atoms. The van der Waals surface area contributed by atoms with E-state index in [-0.39, 0.29) is 17.8 Å². The number of nitrogens with one attached hydrogen (secondary N) is 1. The van der Waals surface area contributed by atoms with Crippen molar-refractivity contribution in [2.24, 2.45) is 5.41 Å². The van der Waals surface area contributed by atoms with Crippen LogP contribution in [-0.4, -0.2) is 37.0 Å². The second-order valence-corrected chi connectivity index (χ2v) is 6.13. The highest BCUT2D eigenvalue weighted by Crippen LogP contribution is 2.33. The van der Waals surface area contributed by atoms with E-state index in [4.69, 9.17) is 0 Å². The maximum absolute atomic E-state index is 12.6. The molecule has 2 unspecified atom stereocenters.